The highest BCUT2D eigenvalue weighted by Gasteiger charge is 2.04. The maximum Gasteiger partial charge on any atom is 0.0897 e. The number of ether oxygens (including phenoxy) is 1. The Morgan fingerprint density at radius 2 is 1.76 bits per heavy atom. The molecule has 0 spiro atoms. The number of hydrogen-bond acceptors (Lipinski definition) is 4. The first kappa shape index (κ1) is 16.8. The summed E-state index contributed by atoms with van der Waals surface area (Å²) in [5, 5.41) is 21.4. The first-order valence-corrected chi connectivity index (χ1v) is 6.74. The Kier molecular flexibility index (Phi) is 12.2. The molecule has 1 unspecified atom stereocenters. The quantitative estimate of drug-likeness (QED) is 0.453. The number of rotatable bonds is 12. The molecular weight excluding hydrogens is 218 g/mol. The van der Waals surface area contributed by atoms with Crippen LogP contribution in [-0.2, 0) is 4.74 Å². The third kappa shape index (κ3) is 13.8. The molecule has 3 N–H and O–H groups in total. The highest BCUT2D eigenvalue weighted by atomic mass is 16.5. The molecule has 0 saturated heterocycles. The second-order valence-electron chi connectivity index (χ2n) is 4.93. The lowest BCUT2D eigenvalue weighted by Gasteiger charge is -2.13. The zero-order valence-corrected chi connectivity index (χ0v) is 11.3. The molecule has 0 aromatic heterocycles. The van der Waals surface area contributed by atoms with Gasteiger partial charge in [-0.1, -0.05) is 26.7 Å². The van der Waals surface area contributed by atoms with Gasteiger partial charge in [-0.15, -0.1) is 0 Å². The predicted octanol–water partition coefficient (Wildman–Crippen LogP) is 1.16. The van der Waals surface area contributed by atoms with E-state index in [1.54, 1.807) is 0 Å². The average molecular weight is 247 g/mol. The lowest BCUT2D eigenvalue weighted by atomic mass is 10.2. The van der Waals surface area contributed by atoms with Gasteiger partial charge in [-0.05, 0) is 25.3 Å². The van der Waals surface area contributed by atoms with Crippen LogP contribution in [0, 0.1) is 5.92 Å². The summed E-state index contributed by atoms with van der Waals surface area (Å²) in [6, 6.07) is 0. The van der Waals surface area contributed by atoms with E-state index in [9.17, 15) is 5.11 Å². The topological polar surface area (TPSA) is 61.7 Å². The Bertz CT molecular complexity index is 154. The van der Waals surface area contributed by atoms with Crippen LogP contribution in [-0.4, -0.2) is 49.2 Å². The zero-order chi connectivity index (χ0) is 12.9. The minimum Gasteiger partial charge on any atom is -0.396 e. The van der Waals surface area contributed by atoms with Crippen LogP contribution in [0.15, 0.2) is 0 Å². The molecule has 0 fully saturated rings. The maximum atomic E-state index is 9.58. The molecule has 0 rings (SSSR count). The van der Waals surface area contributed by atoms with Gasteiger partial charge < -0.3 is 20.3 Å². The van der Waals surface area contributed by atoms with Crippen molar-refractivity contribution in [3.05, 3.63) is 0 Å². The van der Waals surface area contributed by atoms with Crippen molar-refractivity contribution in [3.8, 4) is 0 Å². The molecular formula is C13H29NO3. The van der Waals surface area contributed by atoms with Crippen molar-refractivity contribution in [2.24, 2.45) is 5.92 Å². The summed E-state index contributed by atoms with van der Waals surface area (Å²) in [7, 11) is 0. The van der Waals surface area contributed by atoms with Gasteiger partial charge in [-0.2, -0.15) is 0 Å². The van der Waals surface area contributed by atoms with Crippen LogP contribution >= 0.6 is 0 Å². The van der Waals surface area contributed by atoms with Crippen molar-refractivity contribution in [2.45, 2.75) is 45.6 Å². The summed E-state index contributed by atoms with van der Waals surface area (Å²) < 4.78 is 5.35. The van der Waals surface area contributed by atoms with Gasteiger partial charge in [0.05, 0.1) is 12.7 Å². The maximum absolute atomic E-state index is 9.58. The van der Waals surface area contributed by atoms with E-state index >= 15 is 0 Å². The number of aliphatic hydroxyl groups is 2. The molecule has 0 radical (unpaired) electrons. The largest absolute Gasteiger partial charge is 0.396 e. The lowest BCUT2D eigenvalue weighted by molar-refractivity contribution is 0.0262. The second-order valence-corrected chi connectivity index (χ2v) is 4.93. The van der Waals surface area contributed by atoms with Gasteiger partial charge in [0.2, 0.25) is 0 Å². The van der Waals surface area contributed by atoms with Crippen molar-refractivity contribution in [1.29, 1.82) is 0 Å². The fourth-order valence-electron chi connectivity index (χ4n) is 1.48. The van der Waals surface area contributed by atoms with Crippen molar-refractivity contribution in [3.63, 3.8) is 0 Å². The number of aliphatic hydroxyl groups excluding tert-OH is 2. The Balaban J connectivity index is 3.13. The highest BCUT2D eigenvalue weighted by molar-refractivity contribution is 4.58. The molecule has 0 aromatic rings. The van der Waals surface area contributed by atoms with E-state index in [1.165, 1.54) is 0 Å². The molecule has 0 aliphatic carbocycles. The molecule has 0 aromatic carbocycles. The van der Waals surface area contributed by atoms with E-state index in [1.807, 2.05) is 0 Å². The smallest absolute Gasteiger partial charge is 0.0897 e. The summed E-state index contributed by atoms with van der Waals surface area (Å²) in [5.41, 5.74) is 0. The van der Waals surface area contributed by atoms with Crippen LogP contribution in [0.4, 0.5) is 0 Å². The van der Waals surface area contributed by atoms with Crippen LogP contribution in [0.3, 0.4) is 0 Å². The number of hydrogen-bond donors (Lipinski definition) is 3. The highest BCUT2D eigenvalue weighted by Crippen LogP contribution is 1.98. The fourth-order valence-corrected chi connectivity index (χ4v) is 1.48. The van der Waals surface area contributed by atoms with Gasteiger partial charge in [-0.3, -0.25) is 0 Å². The van der Waals surface area contributed by atoms with E-state index in [4.69, 9.17) is 9.84 Å². The third-order valence-electron chi connectivity index (χ3n) is 2.40. The Morgan fingerprint density at radius 1 is 1.06 bits per heavy atom. The minimum atomic E-state index is -0.411. The van der Waals surface area contributed by atoms with Gasteiger partial charge in [0.25, 0.3) is 0 Å². The van der Waals surface area contributed by atoms with Crippen LogP contribution in [0.5, 0.6) is 0 Å². The van der Waals surface area contributed by atoms with Crippen LogP contribution in [0.25, 0.3) is 0 Å². The van der Waals surface area contributed by atoms with Crippen LogP contribution < -0.4 is 5.32 Å². The summed E-state index contributed by atoms with van der Waals surface area (Å²) in [6.45, 7) is 7.12. The van der Waals surface area contributed by atoms with E-state index in [-0.39, 0.29) is 0 Å². The average Bonchev–Trinajstić information content (AvgIpc) is 2.27. The van der Waals surface area contributed by atoms with Crippen molar-refractivity contribution in [2.75, 3.05) is 32.9 Å². The summed E-state index contributed by atoms with van der Waals surface area (Å²) in [4.78, 5) is 0. The number of nitrogens with one attached hydrogen (secondary N) is 1. The van der Waals surface area contributed by atoms with Gasteiger partial charge in [0, 0.05) is 19.8 Å². The molecule has 4 heteroatoms. The normalized spacial score (nSPS) is 13.2. The molecule has 1 atom stereocenters. The van der Waals surface area contributed by atoms with E-state index in [2.05, 4.69) is 19.2 Å². The van der Waals surface area contributed by atoms with Gasteiger partial charge in [0.15, 0.2) is 0 Å². The predicted molar refractivity (Wildman–Crippen MR) is 70.1 cm³/mol. The van der Waals surface area contributed by atoms with Crippen LogP contribution in [0.1, 0.15) is 39.5 Å². The third-order valence-corrected chi connectivity index (χ3v) is 2.40. The molecule has 0 aliphatic rings. The fraction of sp³-hybridized carbons (Fsp3) is 1.00. The van der Waals surface area contributed by atoms with Crippen molar-refractivity contribution in [1.82, 2.24) is 5.32 Å². The summed E-state index contributed by atoms with van der Waals surface area (Å²) >= 11 is 0. The van der Waals surface area contributed by atoms with Gasteiger partial charge in [0.1, 0.15) is 0 Å². The van der Waals surface area contributed by atoms with Crippen LogP contribution in [0.2, 0.25) is 0 Å². The van der Waals surface area contributed by atoms with Crippen molar-refractivity contribution >= 4 is 0 Å². The van der Waals surface area contributed by atoms with Crippen molar-refractivity contribution < 1.29 is 14.9 Å². The Labute approximate surface area is 105 Å². The Morgan fingerprint density at radius 3 is 2.41 bits per heavy atom. The summed E-state index contributed by atoms with van der Waals surface area (Å²) in [6.07, 6.45) is 3.79. The first-order chi connectivity index (χ1) is 8.16. The molecule has 0 amide bonds. The molecule has 0 aliphatic heterocycles. The standard InChI is InChI=1S/C13H29NO3/c1-12(2)10-17-11-13(16)9-14-7-5-3-4-6-8-15/h12-16H,3-11H2,1-2H3. The number of unbranched alkanes of at least 4 members (excludes halogenated alkanes) is 3. The first-order valence-electron chi connectivity index (χ1n) is 6.74. The molecule has 17 heavy (non-hydrogen) atoms. The van der Waals surface area contributed by atoms with E-state index < -0.39 is 6.10 Å². The minimum absolute atomic E-state index is 0.291. The van der Waals surface area contributed by atoms with Gasteiger partial charge >= 0.3 is 0 Å². The SMILES string of the molecule is CC(C)COCC(O)CNCCCCCCO. The lowest BCUT2D eigenvalue weighted by Crippen LogP contribution is -2.31. The van der Waals surface area contributed by atoms with Gasteiger partial charge in [-0.25, -0.2) is 0 Å². The molecule has 4 nitrogen and oxygen atoms in total. The summed E-state index contributed by atoms with van der Waals surface area (Å²) in [5.74, 6) is 0.515. The van der Waals surface area contributed by atoms with E-state index in [0.29, 0.717) is 32.3 Å². The zero-order valence-electron chi connectivity index (χ0n) is 11.3. The Hall–Kier alpha value is -0.160. The molecule has 0 heterocycles. The monoisotopic (exact) mass is 247 g/mol. The molecule has 0 saturated carbocycles. The second kappa shape index (κ2) is 12.3. The molecule has 104 valence electrons. The van der Waals surface area contributed by atoms with E-state index in [0.717, 1.165) is 32.2 Å². The molecule has 0 bridgehead atoms.